The van der Waals surface area contributed by atoms with Gasteiger partial charge in [0.2, 0.25) is 0 Å². The maximum atomic E-state index is 2.49. The number of rotatable bonds is 7. The molecule has 0 saturated carbocycles. The van der Waals surface area contributed by atoms with Gasteiger partial charge in [0.1, 0.15) is 0 Å². The number of hydrogen-bond acceptors (Lipinski definition) is 1. The minimum absolute atomic E-state index is 0.476. The van der Waals surface area contributed by atoms with Crippen molar-refractivity contribution in [3.05, 3.63) is 283 Å². The molecule has 308 valence electrons. The van der Waals surface area contributed by atoms with Gasteiger partial charge in [-0.25, -0.2) is 0 Å². The second-order valence-corrected chi connectivity index (χ2v) is 17.5. The van der Waals surface area contributed by atoms with Crippen LogP contribution in [0.5, 0.6) is 0 Å². The van der Waals surface area contributed by atoms with Gasteiger partial charge in [0, 0.05) is 16.8 Å². The van der Waals surface area contributed by atoms with Crippen molar-refractivity contribution < 1.29 is 0 Å². The molecule has 1 aliphatic rings. The number of hydrogen-bond donors (Lipinski definition) is 0. The van der Waals surface area contributed by atoms with E-state index < -0.39 is 5.41 Å². The lowest BCUT2D eigenvalue weighted by Gasteiger charge is -2.34. The third kappa shape index (κ3) is 5.67. The zero-order chi connectivity index (χ0) is 43.6. The van der Waals surface area contributed by atoms with Crippen LogP contribution < -0.4 is 4.90 Å². The first-order valence-corrected chi connectivity index (χ1v) is 22.9. The molecule has 0 aromatic heterocycles. The van der Waals surface area contributed by atoms with E-state index in [1.54, 1.807) is 0 Å². The van der Waals surface area contributed by atoms with E-state index in [0.717, 1.165) is 17.1 Å². The summed E-state index contributed by atoms with van der Waals surface area (Å²) in [4.78, 5) is 2.38. The second kappa shape index (κ2) is 15.3. The molecule has 0 saturated heterocycles. The summed E-state index contributed by atoms with van der Waals surface area (Å²) in [6.07, 6.45) is 0. The number of para-hydroxylation sites is 2. The van der Waals surface area contributed by atoms with E-state index >= 15 is 0 Å². The first kappa shape index (κ1) is 38.0. The SMILES string of the molecule is c1ccc(N(c2ccccc2)c2ccc(-c3cc4c5ccccc5c(-c5cccc6c5-c5ccccc5C6(c5ccccc5)c5ccccc5)cc4c4ccccc34)c3ccccc23)cc1. The molecular formula is C65H43N. The molecule has 0 bridgehead atoms. The predicted octanol–water partition coefficient (Wildman–Crippen LogP) is 17.5. The fraction of sp³-hybridized carbons (Fsp3) is 0.0154. The zero-order valence-electron chi connectivity index (χ0n) is 36.3. The Labute approximate surface area is 385 Å². The molecule has 12 aromatic carbocycles. The zero-order valence-corrected chi connectivity index (χ0v) is 36.3. The lowest BCUT2D eigenvalue weighted by atomic mass is 9.67. The van der Waals surface area contributed by atoms with Crippen LogP contribution in [-0.2, 0) is 5.41 Å². The minimum Gasteiger partial charge on any atom is -0.310 e. The molecule has 0 spiro atoms. The Morgan fingerprint density at radius 2 is 0.652 bits per heavy atom. The maximum Gasteiger partial charge on any atom is 0.0713 e. The first-order valence-electron chi connectivity index (χ1n) is 22.9. The van der Waals surface area contributed by atoms with E-state index in [2.05, 4.69) is 266 Å². The molecule has 1 heteroatoms. The lowest BCUT2D eigenvalue weighted by molar-refractivity contribution is 0.768. The molecular weight excluding hydrogens is 795 g/mol. The van der Waals surface area contributed by atoms with Crippen LogP contribution in [0.15, 0.2) is 261 Å². The maximum absolute atomic E-state index is 2.49. The molecule has 1 aliphatic carbocycles. The summed E-state index contributed by atoms with van der Waals surface area (Å²) in [5.74, 6) is 0. The van der Waals surface area contributed by atoms with Crippen molar-refractivity contribution in [2.24, 2.45) is 0 Å². The van der Waals surface area contributed by atoms with Gasteiger partial charge in [0.15, 0.2) is 0 Å². The fourth-order valence-corrected chi connectivity index (χ4v) is 11.4. The van der Waals surface area contributed by atoms with Crippen molar-refractivity contribution >= 4 is 60.2 Å². The summed E-state index contributed by atoms with van der Waals surface area (Å²) in [7, 11) is 0. The predicted molar refractivity (Wildman–Crippen MR) is 279 cm³/mol. The Morgan fingerprint density at radius 1 is 0.242 bits per heavy atom. The smallest absolute Gasteiger partial charge is 0.0713 e. The van der Waals surface area contributed by atoms with Gasteiger partial charge in [0.05, 0.1) is 11.1 Å². The van der Waals surface area contributed by atoms with Crippen LogP contribution in [0.2, 0.25) is 0 Å². The molecule has 0 aliphatic heterocycles. The average molecular weight is 838 g/mol. The Hall–Kier alpha value is -8.52. The van der Waals surface area contributed by atoms with Crippen LogP contribution in [-0.4, -0.2) is 0 Å². The van der Waals surface area contributed by atoms with Crippen LogP contribution in [0.4, 0.5) is 17.1 Å². The monoisotopic (exact) mass is 837 g/mol. The molecule has 0 N–H and O–H groups in total. The van der Waals surface area contributed by atoms with Crippen molar-refractivity contribution in [3.63, 3.8) is 0 Å². The highest BCUT2D eigenvalue weighted by atomic mass is 15.1. The van der Waals surface area contributed by atoms with E-state index in [9.17, 15) is 0 Å². The number of fused-ring (bicyclic) bond motifs is 9. The molecule has 0 fully saturated rings. The molecule has 66 heavy (non-hydrogen) atoms. The van der Waals surface area contributed by atoms with Crippen LogP contribution in [0, 0.1) is 0 Å². The summed E-state index contributed by atoms with van der Waals surface area (Å²) in [5, 5.41) is 9.91. The molecule has 0 unspecified atom stereocenters. The van der Waals surface area contributed by atoms with Crippen molar-refractivity contribution in [1.29, 1.82) is 0 Å². The van der Waals surface area contributed by atoms with Crippen LogP contribution in [0.3, 0.4) is 0 Å². The van der Waals surface area contributed by atoms with Gasteiger partial charge < -0.3 is 4.90 Å². The molecule has 12 aromatic rings. The van der Waals surface area contributed by atoms with Crippen LogP contribution in [0.25, 0.3) is 76.5 Å². The third-order valence-corrected chi connectivity index (χ3v) is 14.1. The minimum atomic E-state index is -0.476. The summed E-state index contributed by atoms with van der Waals surface area (Å²) >= 11 is 0. The van der Waals surface area contributed by atoms with E-state index in [1.165, 1.54) is 98.7 Å². The second-order valence-electron chi connectivity index (χ2n) is 17.5. The van der Waals surface area contributed by atoms with Gasteiger partial charge in [-0.3, -0.25) is 0 Å². The Balaban J connectivity index is 1.06. The van der Waals surface area contributed by atoms with Gasteiger partial charge in [0.25, 0.3) is 0 Å². The normalized spacial score (nSPS) is 12.7. The topological polar surface area (TPSA) is 3.24 Å². The van der Waals surface area contributed by atoms with Crippen molar-refractivity contribution in [1.82, 2.24) is 0 Å². The molecule has 1 nitrogen and oxygen atoms in total. The van der Waals surface area contributed by atoms with E-state index in [-0.39, 0.29) is 0 Å². The van der Waals surface area contributed by atoms with E-state index in [4.69, 9.17) is 0 Å². The standard InChI is InChI=1S/C65H43N/c1-5-22-44(23-6-1)65(45-24-7-2-8-25-45)61-38-20-19-36-56(61)64-55(37-21-39-62(64)65)58-43-60-51-33-15-13-31-49(51)57(42-59(60)52-34-16-14-32-50(52)58)53-40-41-63(54-35-18-17-30-48(53)54)66(46-26-9-3-10-27-46)47-28-11-4-12-29-47/h1-43H. The summed E-state index contributed by atoms with van der Waals surface area (Å²) in [6, 6.07) is 96.3. The van der Waals surface area contributed by atoms with Gasteiger partial charge in [-0.15, -0.1) is 0 Å². The Bertz CT molecular complexity index is 3720. The van der Waals surface area contributed by atoms with Crippen LogP contribution in [0.1, 0.15) is 22.3 Å². The van der Waals surface area contributed by atoms with Gasteiger partial charge >= 0.3 is 0 Å². The lowest BCUT2D eigenvalue weighted by Crippen LogP contribution is -2.28. The number of benzene rings is 12. The number of anilines is 3. The van der Waals surface area contributed by atoms with Gasteiger partial charge in [-0.05, 0) is 136 Å². The van der Waals surface area contributed by atoms with Crippen molar-refractivity contribution in [2.45, 2.75) is 5.41 Å². The highest BCUT2D eigenvalue weighted by Crippen LogP contribution is 2.59. The van der Waals surface area contributed by atoms with Gasteiger partial charge in [-0.1, -0.05) is 218 Å². The molecule has 0 amide bonds. The van der Waals surface area contributed by atoms with Crippen molar-refractivity contribution in [3.8, 4) is 33.4 Å². The van der Waals surface area contributed by atoms with Crippen molar-refractivity contribution in [2.75, 3.05) is 4.90 Å². The van der Waals surface area contributed by atoms with E-state index in [1.807, 2.05) is 0 Å². The summed E-state index contributed by atoms with van der Waals surface area (Å²) in [5.41, 5.74) is 15.6. The highest BCUT2D eigenvalue weighted by Gasteiger charge is 2.46. The Kier molecular flexibility index (Phi) is 8.82. The largest absolute Gasteiger partial charge is 0.310 e. The van der Waals surface area contributed by atoms with Crippen LogP contribution >= 0.6 is 0 Å². The quantitative estimate of drug-likeness (QED) is 0.145. The highest BCUT2D eigenvalue weighted by molar-refractivity contribution is 6.25. The Morgan fingerprint density at radius 3 is 1.21 bits per heavy atom. The third-order valence-electron chi connectivity index (χ3n) is 14.1. The number of nitrogens with zero attached hydrogens (tertiary/aromatic N) is 1. The molecule has 13 rings (SSSR count). The summed E-state index contributed by atoms with van der Waals surface area (Å²) < 4.78 is 0. The first-order chi connectivity index (χ1) is 32.8. The average Bonchev–Trinajstić information content (AvgIpc) is 3.71. The fourth-order valence-electron chi connectivity index (χ4n) is 11.4. The molecule has 0 radical (unpaired) electrons. The molecule has 0 atom stereocenters. The molecule has 0 heterocycles. The van der Waals surface area contributed by atoms with E-state index in [0.29, 0.717) is 0 Å². The van der Waals surface area contributed by atoms with Gasteiger partial charge in [-0.2, -0.15) is 0 Å². The summed E-state index contributed by atoms with van der Waals surface area (Å²) in [6.45, 7) is 0.